The highest BCUT2D eigenvalue weighted by Crippen LogP contribution is 2.27. The molecule has 0 amide bonds. The van der Waals surface area contributed by atoms with Crippen LogP contribution in [0.1, 0.15) is 58.4 Å². The molecule has 234 valence electrons. The molecule has 4 N–H and O–H groups in total. The number of carboxylic acids is 1. The van der Waals surface area contributed by atoms with Gasteiger partial charge < -0.3 is 20.6 Å². The minimum Gasteiger partial charge on any atom is -0.478 e. The fraction of sp³-hybridized carbons (Fsp3) is 0.300. The van der Waals surface area contributed by atoms with Gasteiger partial charge in [0.2, 0.25) is 5.88 Å². The second-order valence-corrected chi connectivity index (χ2v) is 10.5. The number of imidazole rings is 2. The molecule has 0 saturated carbocycles. The second kappa shape index (κ2) is 13.2. The Hall–Kier alpha value is -5.20. The third-order valence-electron chi connectivity index (χ3n) is 7.79. The summed E-state index contributed by atoms with van der Waals surface area (Å²) in [6.45, 7) is -0.843. The summed E-state index contributed by atoms with van der Waals surface area (Å²) in [4.78, 5) is 22.5. The third kappa shape index (κ3) is 6.66. The first-order valence-electron chi connectivity index (χ1n) is 13.9. The van der Waals surface area contributed by atoms with E-state index in [4.69, 9.17) is 15.0 Å². The van der Waals surface area contributed by atoms with Crippen molar-refractivity contribution in [3.63, 3.8) is 0 Å². The molecule has 5 aromatic rings. The fourth-order valence-electron chi connectivity index (χ4n) is 5.42. The topological polar surface area (TPSA) is 162 Å². The fourth-order valence-corrected chi connectivity index (χ4v) is 5.42. The molecule has 1 saturated heterocycles. The van der Waals surface area contributed by atoms with Crippen molar-refractivity contribution in [2.45, 2.75) is 45.1 Å². The van der Waals surface area contributed by atoms with E-state index in [9.17, 15) is 23.1 Å². The van der Waals surface area contributed by atoms with Gasteiger partial charge in [-0.2, -0.15) is 14.0 Å². The van der Waals surface area contributed by atoms with Crippen molar-refractivity contribution < 1.29 is 27.8 Å². The average Bonchev–Trinajstić information content (AvgIpc) is 3.76. The number of hydrogen-bond acceptors (Lipinski definition) is 8. The van der Waals surface area contributed by atoms with Gasteiger partial charge in [-0.3, -0.25) is 14.1 Å². The van der Waals surface area contributed by atoms with Crippen LogP contribution in [0, 0.1) is 17.1 Å². The number of benzene rings is 2. The monoisotopic (exact) mass is 621 g/mol. The van der Waals surface area contributed by atoms with Crippen LogP contribution in [-0.2, 0) is 19.7 Å². The Balaban J connectivity index is 0.00000400. The average molecular weight is 622 g/mol. The van der Waals surface area contributed by atoms with Crippen LogP contribution in [0.4, 0.5) is 13.2 Å². The summed E-state index contributed by atoms with van der Waals surface area (Å²) in [5, 5.41) is 22.9. The maximum Gasteiger partial charge on any atom is 0.335 e. The maximum absolute atomic E-state index is 14.2. The molecule has 45 heavy (non-hydrogen) atoms. The summed E-state index contributed by atoms with van der Waals surface area (Å²) in [5.41, 5.74) is 2.05. The Labute approximate surface area is 255 Å². The summed E-state index contributed by atoms with van der Waals surface area (Å²) in [5.74, 6) is -0.595. The van der Waals surface area contributed by atoms with Crippen molar-refractivity contribution in [3.05, 3.63) is 95.2 Å². The molecule has 6 rings (SSSR count). The van der Waals surface area contributed by atoms with Gasteiger partial charge in [-0.15, -0.1) is 5.10 Å². The standard InChI is InChI=1S/C30H27F3N8O3.H3N/c31-24-11-19(13-34)1-2-21(24)17-44-28-7-10-41(37-28)22-5-8-38(9-6-22)16-27-36-25-4-3-20(29(42)43)12-26(25)39(27)15-23-14-35-18-40(23)30(32)33;/h1-4,7,10-12,14,18,22,30H,5-6,8-9,15-17H2,(H,42,43);1H3. The van der Waals surface area contributed by atoms with Crippen molar-refractivity contribution in [2.75, 3.05) is 13.1 Å². The minimum absolute atomic E-state index is 0. The Kier molecular flexibility index (Phi) is 9.16. The van der Waals surface area contributed by atoms with Gasteiger partial charge >= 0.3 is 12.5 Å². The van der Waals surface area contributed by atoms with Crippen molar-refractivity contribution in [2.24, 2.45) is 0 Å². The van der Waals surface area contributed by atoms with E-state index < -0.39 is 18.3 Å². The van der Waals surface area contributed by atoms with Gasteiger partial charge in [0.15, 0.2) is 0 Å². The molecule has 0 atom stereocenters. The first-order chi connectivity index (χ1) is 21.3. The number of aromatic nitrogens is 6. The van der Waals surface area contributed by atoms with Gasteiger partial charge in [-0.05, 0) is 43.2 Å². The first kappa shape index (κ1) is 31.2. The normalized spacial score (nSPS) is 14.0. The van der Waals surface area contributed by atoms with E-state index in [0.717, 1.165) is 36.8 Å². The summed E-state index contributed by atoms with van der Waals surface area (Å²) < 4.78 is 51.4. The molecule has 0 unspecified atom stereocenters. The molecule has 4 heterocycles. The van der Waals surface area contributed by atoms with Crippen LogP contribution in [0.3, 0.4) is 0 Å². The number of alkyl halides is 2. The number of nitrogens with zero attached hydrogens (tertiary/aromatic N) is 8. The van der Waals surface area contributed by atoms with E-state index in [1.807, 2.05) is 16.9 Å². The number of nitriles is 1. The number of piperidine rings is 1. The molecule has 0 radical (unpaired) electrons. The maximum atomic E-state index is 14.2. The van der Waals surface area contributed by atoms with Gasteiger partial charge in [0.1, 0.15) is 18.2 Å². The Morgan fingerprint density at radius 1 is 1.13 bits per heavy atom. The predicted octanol–water partition coefficient (Wildman–Crippen LogP) is 5.16. The van der Waals surface area contributed by atoms with Crippen LogP contribution in [0.15, 0.2) is 61.2 Å². The lowest BCUT2D eigenvalue weighted by Gasteiger charge is -2.31. The summed E-state index contributed by atoms with van der Waals surface area (Å²) >= 11 is 0. The molecule has 2 aromatic carbocycles. The molecule has 1 aliphatic heterocycles. The summed E-state index contributed by atoms with van der Waals surface area (Å²) in [6.07, 6.45) is 5.84. The second-order valence-electron chi connectivity index (χ2n) is 10.5. The largest absolute Gasteiger partial charge is 0.478 e. The molecular formula is C30H30F3N9O3. The van der Waals surface area contributed by atoms with Crippen LogP contribution >= 0.6 is 0 Å². The van der Waals surface area contributed by atoms with Crippen molar-refractivity contribution in [1.82, 2.24) is 39.9 Å². The molecular weight excluding hydrogens is 591 g/mol. The summed E-state index contributed by atoms with van der Waals surface area (Å²) in [7, 11) is 0. The number of aromatic carboxylic acids is 1. The van der Waals surface area contributed by atoms with Gasteiger partial charge in [-0.1, -0.05) is 6.07 Å². The van der Waals surface area contributed by atoms with Gasteiger partial charge in [-0.25, -0.2) is 19.2 Å². The highest BCUT2D eigenvalue weighted by Gasteiger charge is 2.24. The molecule has 15 heteroatoms. The van der Waals surface area contributed by atoms with E-state index >= 15 is 0 Å². The molecule has 3 aromatic heterocycles. The third-order valence-corrected chi connectivity index (χ3v) is 7.79. The quantitative estimate of drug-likeness (QED) is 0.215. The lowest BCUT2D eigenvalue weighted by atomic mass is 10.1. The van der Waals surface area contributed by atoms with Crippen molar-refractivity contribution in [3.8, 4) is 11.9 Å². The number of rotatable bonds is 10. The zero-order valence-corrected chi connectivity index (χ0v) is 24.1. The van der Waals surface area contributed by atoms with Crippen LogP contribution in [-0.4, -0.2) is 57.9 Å². The Morgan fingerprint density at radius 3 is 2.64 bits per heavy atom. The Bertz CT molecular complexity index is 1850. The van der Waals surface area contributed by atoms with Crippen LogP contribution in [0.5, 0.6) is 5.88 Å². The molecule has 1 aliphatic rings. The Morgan fingerprint density at radius 2 is 1.93 bits per heavy atom. The van der Waals surface area contributed by atoms with Crippen LogP contribution < -0.4 is 10.9 Å². The number of fused-ring (bicyclic) bond motifs is 1. The SMILES string of the molecule is N.N#Cc1ccc(COc2ccn(C3CCN(Cc4nc5ccc(C(=O)O)cc5n4Cc4cncn4C(F)F)CC3)n2)c(F)c1. The zero-order valence-electron chi connectivity index (χ0n) is 24.1. The highest BCUT2D eigenvalue weighted by atomic mass is 19.3. The smallest absolute Gasteiger partial charge is 0.335 e. The van der Waals surface area contributed by atoms with Gasteiger partial charge in [0.05, 0.1) is 65.6 Å². The van der Waals surface area contributed by atoms with Gasteiger partial charge in [0.25, 0.3) is 0 Å². The van der Waals surface area contributed by atoms with E-state index in [0.29, 0.717) is 34.8 Å². The zero-order chi connectivity index (χ0) is 30.8. The molecule has 12 nitrogen and oxygen atoms in total. The van der Waals surface area contributed by atoms with Gasteiger partial charge in [0, 0.05) is 30.9 Å². The summed E-state index contributed by atoms with van der Waals surface area (Å²) in [6, 6.07) is 12.6. The van der Waals surface area contributed by atoms with Crippen molar-refractivity contribution >= 4 is 17.0 Å². The van der Waals surface area contributed by atoms with E-state index in [1.54, 1.807) is 16.7 Å². The first-order valence-corrected chi connectivity index (χ1v) is 13.9. The van der Waals surface area contributed by atoms with Crippen molar-refractivity contribution in [1.29, 1.82) is 5.26 Å². The number of likely N-dealkylation sites (tertiary alicyclic amines) is 1. The lowest BCUT2D eigenvalue weighted by Crippen LogP contribution is -2.35. The molecule has 0 aliphatic carbocycles. The lowest BCUT2D eigenvalue weighted by molar-refractivity contribution is 0.0668. The number of carbonyl (C=O) groups is 1. The number of carboxylic acid groups (broad SMARTS) is 1. The number of halogens is 3. The number of hydrogen-bond donors (Lipinski definition) is 2. The van der Waals surface area contributed by atoms with E-state index in [2.05, 4.69) is 15.0 Å². The number of ether oxygens (including phenoxy) is 1. The van der Waals surface area contributed by atoms with E-state index in [1.165, 1.54) is 36.5 Å². The molecule has 0 bridgehead atoms. The molecule has 0 spiro atoms. The van der Waals surface area contributed by atoms with Crippen LogP contribution in [0.25, 0.3) is 11.0 Å². The van der Waals surface area contributed by atoms with E-state index in [-0.39, 0.29) is 42.2 Å². The van der Waals surface area contributed by atoms with Crippen LogP contribution in [0.2, 0.25) is 0 Å². The molecule has 1 fully saturated rings. The predicted molar refractivity (Wildman–Crippen MR) is 156 cm³/mol. The minimum atomic E-state index is -2.76. The highest BCUT2D eigenvalue weighted by molar-refractivity contribution is 5.92.